The van der Waals surface area contributed by atoms with E-state index in [4.69, 9.17) is 10.5 Å². The maximum Gasteiger partial charge on any atom is 0.0771 e. The predicted octanol–water partition coefficient (Wildman–Crippen LogP) is 3.73. The van der Waals surface area contributed by atoms with Gasteiger partial charge in [-0.1, -0.05) is 31.1 Å². The quantitative estimate of drug-likeness (QED) is 0.555. The summed E-state index contributed by atoms with van der Waals surface area (Å²) in [6, 6.07) is 4.18. The Hall–Kier alpha value is -0.860. The van der Waals surface area contributed by atoms with E-state index in [9.17, 15) is 5.11 Å². The van der Waals surface area contributed by atoms with E-state index in [1.807, 2.05) is 6.92 Å². The van der Waals surface area contributed by atoms with Crippen LogP contribution in [0.2, 0.25) is 0 Å². The molecule has 3 nitrogen and oxygen atoms in total. The summed E-state index contributed by atoms with van der Waals surface area (Å²) in [4.78, 5) is 2.37. The van der Waals surface area contributed by atoms with Gasteiger partial charge in [-0.05, 0) is 50.7 Å². The molecule has 1 fully saturated rings. The van der Waals surface area contributed by atoms with Gasteiger partial charge in [0.25, 0.3) is 0 Å². The van der Waals surface area contributed by atoms with Crippen LogP contribution >= 0.6 is 11.3 Å². The molecule has 24 heavy (non-hydrogen) atoms. The third-order valence-electron chi connectivity index (χ3n) is 4.63. The SMILES string of the molecule is CC(N)(CO)CCc1ccc(C#CCCOCC2CCCCC2)s1. The zero-order valence-electron chi connectivity index (χ0n) is 14.9. The second kappa shape index (κ2) is 10.2. The Labute approximate surface area is 150 Å². The van der Waals surface area contributed by atoms with Crippen molar-refractivity contribution in [3.05, 3.63) is 21.9 Å². The number of hydrogen-bond acceptors (Lipinski definition) is 4. The van der Waals surface area contributed by atoms with Crippen molar-refractivity contribution in [1.29, 1.82) is 0 Å². The molecule has 4 heteroatoms. The van der Waals surface area contributed by atoms with E-state index >= 15 is 0 Å². The Kier molecular flexibility index (Phi) is 8.28. The molecule has 1 heterocycles. The lowest BCUT2D eigenvalue weighted by Crippen LogP contribution is -2.40. The summed E-state index contributed by atoms with van der Waals surface area (Å²) in [7, 11) is 0. The first-order valence-corrected chi connectivity index (χ1v) is 9.96. The van der Waals surface area contributed by atoms with Gasteiger partial charge in [0.15, 0.2) is 0 Å². The summed E-state index contributed by atoms with van der Waals surface area (Å²) in [6.07, 6.45) is 9.28. The molecule has 0 amide bonds. The fraction of sp³-hybridized carbons (Fsp3) is 0.700. The molecule has 0 aliphatic heterocycles. The van der Waals surface area contributed by atoms with Crippen LogP contribution in [0.15, 0.2) is 12.1 Å². The van der Waals surface area contributed by atoms with Gasteiger partial charge < -0.3 is 15.6 Å². The van der Waals surface area contributed by atoms with E-state index in [1.54, 1.807) is 11.3 Å². The third-order valence-corrected chi connectivity index (χ3v) is 5.69. The van der Waals surface area contributed by atoms with Gasteiger partial charge in [-0.15, -0.1) is 11.3 Å². The minimum absolute atomic E-state index is 0.0197. The average molecular weight is 350 g/mol. The van der Waals surface area contributed by atoms with Crippen molar-refractivity contribution in [1.82, 2.24) is 0 Å². The van der Waals surface area contributed by atoms with E-state index in [2.05, 4.69) is 24.0 Å². The van der Waals surface area contributed by atoms with Gasteiger partial charge in [0.1, 0.15) is 0 Å². The molecule has 1 saturated carbocycles. The van der Waals surface area contributed by atoms with Gasteiger partial charge in [-0.25, -0.2) is 0 Å². The maximum atomic E-state index is 9.19. The largest absolute Gasteiger partial charge is 0.394 e. The molecule has 1 aliphatic carbocycles. The fourth-order valence-corrected chi connectivity index (χ4v) is 3.83. The number of aliphatic hydroxyl groups is 1. The monoisotopic (exact) mass is 349 g/mol. The Morgan fingerprint density at radius 3 is 2.88 bits per heavy atom. The molecule has 0 aromatic carbocycles. The number of thiophene rings is 1. The molecule has 1 atom stereocenters. The van der Waals surface area contributed by atoms with Crippen LogP contribution in [0.5, 0.6) is 0 Å². The second-order valence-electron chi connectivity index (χ2n) is 7.21. The molecular formula is C20H31NO2S. The molecular weight excluding hydrogens is 318 g/mol. The number of nitrogens with two attached hydrogens (primary N) is 1. The van der Waals surface area contributed by atoms with Crippen LogP contribution in [0.1, 0.15) is 61.6 Å². The summed E-state index contributed by atoms with van der Waals surface area (Å²) >= 11 is 1.72. The van der Waals surface area contributed by atoms with Crippen LogP contribution in [0.3, 0.4) is 0 Å². The Morgan fingerprint density at radius 2 is 2.12 bits per heavy atom. The van der Waals surface area contributed by atoms with Crippen molar-refractivity contribution in [2.24, 2.45) is 11.7 Å². The first kappa shape index (κ1) is 19.5. The van der Waals surface area contributed by atoms with Gasteiger partial charge in [-0.3, -0.25) is 0 Å². The molecule has 1 unspecified atom stereocenters. The smallest absolute Gasteiger partial charge is 0.0771 e. The van der Waals surface area contributed by atoms with Crippen LogP contribution in [-0.2, 0) is 11.2 Å². The van der Waals surface area contributed by atoms with Crippen molar-refractivity contribution in [3.63, 3.8) is 0 Å². The zero-order chi connectivity index (χ0) is 17.3. The molecule has 1 aliphatic rings. The van der Waals surface area contributed by atoms with Crippen molar-refractivity contribution in [2.45, 2.75) is 63.8 Å². The van der Waals surface area contributed by atoms with E-state index in [1.165, 1.54) is 37.0 Å². The number of aryl methyl sites for hydroxylation is 1. The second-order valence-corrected chi connectivity index (χ2v) is 8.38. The molecule has 2 rings (SSSR count). The zero-order valence-corrected chi connectivity index (χ0v) is 15.7. The van der Waals surface area contributed by atoms with Gasteiger partial charge in [0, 0.05) is 23.4 Å². The van der Waals surface area contributed by atoms with Gasteiger partial charge in [0.2, 0.25) is 0 Å². The molecule has 0 bridgehead atoms. The summed E-state index contributed by atoms with van der Waals surface area (Å²) in [5.41, 5.74) is 5.47. The molecule has 1 aromatic rings. The van der Waals surface area contributed by atoms with E-state index < -0.39 is 5.54 Å². The Morgan fingerprint density at radius 1 is 1.33 bits per heavy atom. The van der Waals surface area contributed by atoms with Crippen molar-refractivity contribution >= 4 is 11.3 Å². The standard InChI is InChI=1S/C20H31NO2S/c1-20(21,16-22)13-12-19-11-10-18(24-19)9-5-6-14-23-15-17-7-3-2-4-8-17/h10-11,17,22H,2-4,6-8,12-16,21H2,1H3. The van der Waals surface area contributed by atoms with Crippen LogP contribution in [0.25, 0.3) is 0 Å². The van der Waals surface area contributed by atoms with Crippen LogP contribution in [0.4, 0.5) is 0 Å². The summed E-state index contributed by atoms with van der Waals surface area (Å²) < 4.78 is 5.77. The van der Waals surface area contributed by atoms with Crippen LogP contribution in [0, 0.1) is 17.8 Å². The highest BCUT2D eigenvalue weighted by Crippen LogP contribution is 2.23. The van der Waals surface area contributed by atoms with Crippen molar-refractivity contribution in [3.8, 4) is 11.8 Å². The summed E-state index contributed by atoms with van der Waals surface area (Å²) in [5, 5.41) is 9.19. The topological polar surface area (TPSA) is 55.5 Å². The van der Waals surface area contributed by atoms with Gasteiger partial charge in [0.05, 0.1) is 18.1 Å². The normalized spacial score (nSPS) is 18.0. The fourth-order valence-electron chi connectivity index (χ4n) is 2.94. The van der Waals surface area contributed by atoms with Crippen molar-refractivity contribution in [2.75, 3.05) is 19.8 Å². The van der Waals surface area contributed by atoms with E-state index in [-0.39, 0.29) is 6.61 Å². The number of hydrogen-bond donors (Lipinski definition) is 2. The molecule has 0 spiro atoms. The Balaban J connectivity index is 1.62. The van der Waals surface area contributed by atoms with Crippen LogP contribution in [-0.4, -0.2) is 30.5 Å². The van der Waals surface area contributed by atoms with Gasteiger partial charge in [-0.2, -0.15) is 0 Å². The minimum atomic E-state index is -0.495. The minimum Gasteiger partial charge on any atom is -0.394 e. The number of aliphatic hydroxyl groups excluding tert-OH is 1. The lowest BCUT2D eigenvalue weighted by molar-refractivity contribution is 0.0894. The molecule has 0 radical (unpaired) electrons. The maximum absolute atomic E-state index is 9.19. The highest BCUT2D eigenvalue weighted by atomic mass is 32.1. The molecule has 0 saturated heterocycles. The molecule has 3 N–H and O–H groups in total. The highest BCUT2D eigenvalue weighted by Gasteiger charge is 2.17. The van der Waals surface area contributed by atoms with E-state index in [0.29, 0.717) is 0 Å². The number of ether oxygens (including phenoxy) is 1. The lowest BCUT2D eigenvalue weighted by Gasteiger charge is -2.20. The predicted molar refractivity (Wildman–Crippen MR) is 101 cm³/mol. The van der Waals surface area contributed by atoms with Crippen LogP contribution < -0.4 is 5.73 Å². The first-order valence-electron chi connectivity index (χ1n) is 9.14. The molecule has 1 aromatic heterocycles. The van der Waals surface area contributed by atoms with E-state index in [0.717, 1.165) is 43.3 Å². The Bertz CT molecular complexity index is 535. The summed E-state index contributed by atoms with van der Waals surface area (Å²) in [6.45, 7) is 3.55. The lowest BCUT2D eigenvalue weighted by atomic mass is 9.90. The number of rotatable bonds is 8. The van der Waals surface area contributed by atoms with Gasteiger partial charge >= 0.3 is 0 Å². The third kappa shape index (κ3) is 7.36. The average Bonchev–Trinajstić information content (AvgIpc) is 3.05. The highest BCUT2D eigenvalue weighted by molar-refractivity contribution is 7.12. The summed E-state index contributed by atoms with van der Waals surface area (Å²) in [5.74, 6) is 7.21. The molecule has 134 valence electrons. The first-order chi connectivity index (χ1) is 11.6. The van der Waals surface area contributed by atoms with Crippen molar-refractivity contribution < 1.29 is 9.84 Å².